The summed E-state index contributed by atoms with van der Waals surface area (Å²) in [5, 5.41) is 9.61. The van der Waals surface area contributed by atoms with Crippen molar-refractivity contribution >= 4 is 81.7 Å². The van der Waals surface area contributed by atoms with E-state index in [2.05, 4.69) is 120 Å². The normalized spacial score (nSPS) is 12.3. The highest BCUT2D eigenvalue weighted by atomic mass is 16.3. The van der Waals surface area contributed by atoms with Gasteiger partial charge in [-0.05, 0) is 71.1 Å². The van der Waals surface area contributed by atoms with Crippen LogP contribution in [0.5, 0.6) is 0 Å². The molecule has 0 radical (unpaired) electrons. The summed E-state index contributed by atoms with van der Waals surface area (Å²) in [4.78, 5) is 13.9. The minimum atomic E-state index is 0.0209. The summed E-state index contributed by atoms with van der Waals surface area (Å²) in [5.41, 5.74) is 9.26. The highest BCUT2D eigenvalue weighted by molar-refractivity contribution is 6.21. The lowest BCUT2D eigenvalue weighted by molar-refractivity contribution is 0.669. The van der Waals surface area contributed by atoms with Crippen LogP contribution in [0.15, 0.2) is 155 Å². The molecule has 0 fully saturated rings. The van der Waals surface area contributed by atoms with Crippen LogP contribution in [0.2, 0.25) is 0 Å². The van der Waals surface area contributed by atoms with Crippen LogP contribution in [0, 0.1) is 0 Å². The van der Waals surface area contributed by atoms with Crippen molar-refractivity contribution in [2.45, 2.75) is 0 Å². The van der Waals surface area contributed by atoms with Gasteiger partial charge in [-0.1, -0.05) is 91.0 Å². The quantitative estimate of drug-likeness (QED) is 0.185. The minimum Gasteiger partial charge on any atom is -0.456 e. The predicted molar refractivity (Wildman–Crippen MR) is 194 cm³/mol. The highest BCUT2D eigenvalue weighted by Crippen LogP contribution is 2.41. The average molecular weight is 601 g/mol. The molecule has 11 rings (SSSR count). The standard InChI is InChI=1S/C43H24N2O2/c46-43-33-12-2-1-9-28(33)31-14-7-15-32-34-23-25(19-21-38(34)45(43)42(31)32)27-13-8-18-40-41(27)35-24-26(20-22-39(35)47-40)44-36-16-5-3-10-29(36)30-11-4-6-17-37(30)44/h1-24H. The molecule has 4 heterocycles. The molecule has 4 aromatic heterocycles. The van der Waals surface area contributed by atoms with Gasteiger partial charge in [0.15, 0.2) is 0 Å². The third-order valence-electron chi connectivity index (χ3n) is 10.1. The van der Waals surface area contributed by atoms with Gasteiger partial charge in [-0.25, -0.2) is 0 Å². The maximum Gasteiger partial charge on any atom is 0.263 e. The van der Waals surface area contributed by atoms with Crippen molar-refractivity contribution in [1.82, 2.24) is 8.97 Å². The smallest absolute Gasteiger partial charge is 0.263 e. The Kier molecular flexibility index (Phi) is 4.69. The molecule has 0 saturated heterocycles. The first-order valence-electron chi connectivity index (χ1n) is 15.9. The van der Waals surface area contributed by atoms with Crippen molar-refractivity contribution in [3.63, 3.8) is 0 Å². The monoisotopic (exact) mass is 600 g/mol. The second-order valence-corrected chi connectivity index (χ2v) is 12.5. The van der Waals surface area contributed by atoms with Gasteiger partial charge >= 0.3 is 0 Å². The van der Waals surface area contributed by atoms with Crippen molar-refractivity contribution in [3.05, 3.63) is 156 Å². The highest BCUT2D eigenvalue weighted by Gasteiger charge is 2.20. The molecule has 7 aromatic carbocycles. The Morgan fingerprint density at radius 1 is 0.447 bits per heavy atom. The van der Waals surface area contributed by atoms with Crippen LogP contribution in [-0.4, -0.2) is 8.97 Å². The molecule has 0 aliphatic carbocycles. The van der Waals surface area contributed by atoms with E-state index in [4.69, 9.17) is 4.42 Å². The van der Waals surface area contributed by atoms with Gasteiger partial charge in [-0.3, -0.25) is 9.20 Å². The molecule has 0 aliphatic rings. The molecule has 11 aromatic rings. The van der Waals surface area contributed by atoms with Gasteiger partial charge in [0.25, 0.3) is 5.56 Å². The number of pyridine rings is 1. The van der Waals surface area contributed by atoms with Crippen molar-refractivity contribution in [1.29, 1.82) is 0 Å². The summed E-state index contributed by atoms with van der Waals surface area (Å²) in [7, 11) is 0. The molecule has 0 unspecified atom stereocenters. The lowest BCUT2D eigenvalue weighted by Crippen LogP contribution is -2.12. The van der Waals surface area contributed by atoms with E-state index < -0.39 is 0 Å². The zero-order valence-corrected chi connectivity index (χ0v) is 25.1. The van der Waals surface area contributed by atoms with E-state index >= 15 is 0 Å². The lowest BCUT2D eigenvalue weighted by atomic mass is 9.97. The largest absolute Gasteiger partial charge is 0.456 e. The topological polar surface area (TPSA) is 39.5 Å². The Hall–Kier alpha value is -6.39. The molecule has 218 valence electrons. The number of benzene rings is 7. The number of hydrogen-bond acceptors (Lipinski definition) is 2. The predicted octanol–water partition coefficient (Wildman–Crippen LogP) is 10.9. The molecular weight excluding hydrogens is 576 g/mol. The molecular formula is C43H24N2O2. The van der Waals surface area contributed by atoms with Crippen LogP contribution < -0.4 is 5.56 Å². The fourth-order valence-electron chi connectivity index (χ4n) is 8.08. The molecule has 47 heavy (non-hydrogen) atoms. The fourth-order valence-corrected chi connectivity index (χ4v) is 8.08. The van der Waals surface area contributed by atoms with Crippen molar-refractivity contribution < 1.29 is 4.42 Å². The van der Waals surface area contributed by atoms with Crippen LogP contribution in [0.3, 0.4) is 0 Å². The van der Waals surface area contributed by atoms with E-state index in [0.717, 1.165) is 76.7 Å². The summed E-state index contributed by atoms with van der Waals surface area (Å²) in [6.07, 6.45) is 0. The Balaban J connectivity index is 1.19. The Morgan fingerprint density at radius 3 is 1.89 bits per heavy atom. The van der Waals surface area contributed by atoms with E-state index in [-0.39, 0.29) is 5.56 Å². The Labute approximate surface area is 267 Å². The number of fused-ring (bicyclic) bond motifs is 11. The molecule has 4 heteroatoms. The van der Waals surface area contributed by atoms with E-state index in [1.807, 2.05) is 34.7 Å². The van der Waals surface area contributed by atoms with Gasteiger partial charge in [0.05, 0.1) is 22.1 Å². The summed E-state index contributed by atoms with van der Waals surface area (Å²) in [6.45, 7) is 0. The molecule has 4 nitrogen and oxygen atoms in total. The van der Waals surface area contributed by atoms with Gasteiger partial charge in [0.1, 0.15) is 11.2 Å². The third kappa shape index (κ3) is 3.19. The lowest BCUT2D eigenvalue weighted by Gasteiger charge is -2.09. The number of furan rings is 1. The van der Waals surface area contributed by atoms with Crippen molar-refractivity contribution in [2.75, 3.05) is 0 Å². The van der Waals surface area contributed by atoms with E-state index in [1.165, 1.54) is 21.8 Å². The minimum absolute atomic E-state index is 0.0209. The van der Waals surface area contributed by atoms with Crippen LogP contribution in [0.1, 0.15) is 0 Å². The van der Waals surface area contributed by atoms with Gasteiger partial charge in [-0.2, -0.15) is 0 Å². The molecule has 0 atom stereocenters. The second-order valence-electron chi connectivity index (χ2n) is 12.5. The van der Waals surface area contributed by atoms with E-state index in [1.54, 1.807) is 0 Å². The fraction of sp³-hybridized carbons (Fsp3) is 0. The second kappa shape index (κ2) is 8.87. The molecule has 0 amide bonds. The number of rotatable bonds is 2. The maximum absolute atomic E-state index is 13.9. The molecule has 0 N–H and O–H groups in total. The van der Waals surface area contributed by atoms with Crippen molar-refractivity contribution in [2.24, 2.45) is 0 Å². The van der Waals surface area contributed by atoms with Gasteiger partial charge in [0.2, 0.25) is 0 Å². The van der Waals surface area contributed by atoms with E-state index in [0.29, 0.717) is 0 Å². The van der Waals surface area contributed by atoms with Crippen LogP contribution >= 0.6 is 0 Å². The number of hydrogen-bond donors (Lipinski definition) is 0. The molecule has 0 spiro atoms. The molecule has 0 aliphatic heterocycles. The first-order valence-corrected chi connectivity index (χ1v) is 15.9. The number of aromatic nitrogens is 2. The van der Waals surface area contributed by atoms with Crippen molar-refractivity contribution in [3.8, 4) is 16.8 Å². The average Bonchev–Trinajstić information content (AvgIpc) is 3.78. The zero-order chi connectivity index (χ0) is 30.8. The van der Waals surface area contributed by atoms with Gasteiger partial charge in [-0.15, -0.1) is 0 Å². The third-order valence-corrected chi connectivity index (χ3v) is 10.1. The zero-order valence-electron chi connectivity index (χ0n) is 25.1. The SMILES string of the molecule is O=c1c2ccccc2c2cccc3c4cc(-c5cccc6oc7ccc(-n8c9ccccc9c9ccccc98)cc7c56)ccc4n1c23. The van der Waals surface area contributed by atoms with E-state index in [9.17, 15) is 4.79 Å². The summed E-state index contributed by atoms with van der Waals surface area (Å²) in [5.74, 6) is 0. The first-order chi connectivity index (χ1) is 23.2. The summed E-state index contributed by atoms with van der Waals surface area (Å²) in [6, 6.07) is 50.7. The van der Waals surface area contributed by atoms with Crippen LogP contribution in [-0.2, 0) is 0 Å². The van der Waals surface area contributed by atoms with Crippen LogP contribution in [0.4, 0.5) is 0 Å². The Bertz CT molecular complexity index is 3100. The molecule has 0 saturated carbocycles. The summed E-state index contributed by atoms with van der Waals surface area (Å²) < 4.78 is 10.7. The number of nitrogens with zero attached hydrogens (tertiary/aromatic N) is 2. The first kappa shape index (κ1) is 24.9. The number of para-hydroxylation sites is 3. The van der Waals surface area contributed by atoms with Gasteiger partial charge in [0, 0.05) is 48.8 Å². The summed E-state index contributed by atoms with van der Waals surface area (Å²) >= 11 is 0. The van der Waals surface area contributed by atoms with Crippen LogP contribution in [0.25, 0.3) is 98.5 Å². The Morgan fingerprint density at radius 2 is 1.11 bits per heavy atom. The molecule has 0 bridgehead atoms. The maximum atomic E-state index is 13.9. The van der Waals surface area contributed by atoms with Gasteiger partial charge < -0.3 is 8.98 Å².